The Hall–Kier alpha value is -3.54. The summed E-state index contributed by atoms with van der Waals surface area (Å²) in [5, 5.41) is 2.81. The Morgan fingerprint density at radius 3 is 2.12 bits per heavy atom. The van der Waals surface area contributed by atoms with E-state index in [0.717, 1.165) is 24.0 Å². The van der Waals surface area contributed by atoms with Gasteiger partial charge in [-0.1, -0.05) is 42.5 Å². The average molecular weight is 426 g/mol. The molecule has 0 aromatic heterocycles. The lowest BCUT2D eigenvalue weighted by atomic mass is 9.63. The topological polar surface area (TPSA) is 83.6 Å². The molecule has 2 bridgehead atoms. The number of hydrogen-bond acceptors (Lipinski definition) is 4. The third kappa shape index (κ3) is 2.72. The molecule has 0 spiro atoms. The standard InChI is InChI=1S/C26H22N2O4/c29-21(11-12-28-25(31)22-14-5-6-15(8-7-14)23(22)26(28)32)27-16-9-10-18-17-3-1-2-4-19(17)24(30)20(18)13-16/h1-6,9-10,13-15,22-23H,7-8,11-12H2,(H,27,29)/t14-,15-,22-,23+/m0/s1. The van der Waals surface area contributed by atoms with Crippen LogP contribution in [0.5, 0.6) is 0 Å². The van der Waals surface area contributed by atoms with Gasteiger partial charge in [0.15, 0.2) is 5.78 Å². The van der Waals surface area contributed by atoms with Crippen molar-refractivity contribution in [3.05, 3.63) is 65.7 Å². The second-order valence-corrected chi connectivity index (χ2v) is 9.10. The highest BCUT2D eigenvalue weighted by atomic mass is 16.2. The first kappa shape index (κ1) is 19.2. The van der Waals surface area contributed by atoms with Crippen LogP contribution in [0.25, 0.3) is 11.1 Å². The number of allylic oxidation sites excluding steroid dienone is 2. The van der Waals surface area contributed by atoms with Crippen molar-refractivity contribution < 1.29 is 19.2 Å². The third-order valence-electron chi connectivity index (χ3n) is 7.42. The van der Waals surface area contributed by atoms with Gasteiger partial charge in [0.05, 0.1) is 11.8 Å². The highest BCUT2D eigenvalue weighted by Gasteiger charge is 2.56. The Bertz CT molecular complexity index is 1200. The Balaban J connectivity index is 1.13. The van der Waals surface area contributed by atoms with Crippen LogP contribution in [-0.2, 0) is 14.4 Å². The van der Waals surface area contributed by atoms with Crippen molar-refractivity contribution in [2.24, 2.45) is 23.7 Å². The molecule has 1 saturated carbocycles. The minimum Gasteiger partial charge on any atom is -0.326 e. The SMILES string of the molecule is O=C(CCN1C(=O)[C@@H]2[C@H](C1=O)[C@H]1C=C[C@H]2CC1)Nc1ccc2c(c1)C(=O)c1ccccc1-2. The number of nitrogens with zero attached hydrogens (tertiary/aromatic N) is 1. The van der Waals surface area contributed by atoms with Crippen LogP contribution in [0.2, 0.25) is 0 Å². The van der Waals surface area contributed by atoms with Gasteiger partial charge in [0.1, 0.15) is 0 Å². The van der Waals surface area contributed by atoms with Gasteiger partial charge in [-0.15, -0.1) is 0 Å². The molecule has 2 aromatic rings. The molecule has 32 heavy (non-hydrogen) atoms. The van der Waals surface area contributed by atoms with Gasteiger partial charge in [-0.25, -0.2) is 0 Å². The number of hydrogen-bond donors (Lipinski definition) is 1. The molecular formula is C26H22N2O4. The fourth-order valence-electron chi connectivity index (χ4n) is 5.90. The van der Waals surface area contributed by atoms with Crippen molar-refractivity contribution in [1.29, 1.82) is 0 Å². The lowest BCUT2D eigenvalue weighted by Gasteiger charge is -2.38. The molecule has 1 N–H and O–H groups in total. The molecule has 6 heteroatoms. The van der Waals surface area contributed by atoms with E-state index in [1.54, 1.807) is 18.2 Å². The number of anilines is 1. The fraction of sp³-hybridized carbons (Fsp3) is 0.308. The van der Waals surface area contributed by atoms with Crippen molar-refractivity contribution in [3.63, 3.8) is 0 Å². The van der Waals surface area contributed by atoms with E-state index in [0.29, 0.717) is 16.8 Å². The maximum Gasteiger partial charge on any atom is 0.233 e. The largest absolute Gasteiger partial charge is 0.326 e. The van der Waals surface area contributed by atoms with E-state index in [1.165, 1.54) is 4.90 Å². The number of ketones is 1. The molecule has 160 valence electrons. The predicted octanol–water partition coefficient (Wildman–Crippen LogP) is 3.42. The third-order valence-corrected chi connectivity index (χ3v) is 7.42. The zero-order valence-corrected chi connectivity index (χ0v) is 17.4. The summed E-state index contributed by atoms with van der Waals surface area (Å²) in [6.45, 7) is 0.0885. The quantitative estimate of drug-likeness (QED) is 0.512. The number of carbonyl (C=O) groups excluding carboxylic acids is 4. The summed E-state index contributed by atoms with van der Waals surface area (Å²) in [5.41, 5.74) is 3.54. The van der Waals surface area contributed by atoms with E-state index in [1.807, 2.05) is 24.3 Å². The van der Waals surface area contributed by atoms with Gasteiger partial charge in [-0.2, -0.15) is 0 Å². The monoisotopic (exact) mass is 426 g/mol. The molecule has 1 heterocycles. The summed E-state index contributed by atoms with van der Waals surface area (Å²) in [5.74, 6) is -0.810. The lowest BCUT2D eigenvalue weighted by Crippen LogP contribution is -2.38. The van der Waals surface area contributed by atoms with Crippen LogP contribution in [0.4, 0.5) is 5.69 Å². The van der Waals surface area contributed by atoms with Crippen LogP contribution < -0.4 is 5.32 Å². The van der Waals surface area contributed by atoms with Crippen molar-refractivity contribution in [2.75, 3.05) is 11.9 Å². The molecule has 3 amide bonds. The zero-order chi connectivity index (χ0) is 22.0. The molecule has 2 aromatic carbocycles. The van der Waals surface area contributed by atoms with Crippen molar-refractivity contribution in [1.82, 2.24) is 4.90 Å². The van der Waals surface area contributed by atoms with Gasteiger partial charge in [-0.05, 0) is 47.9 Å². The van der Waals surface area contributed by atoms with Crippen LogP contribution in [0.1, 0.15) is 35.2 Å². The van der Waals surface area contributed by atoms with Gasteiger partial charge in [-0.3, -0.25) is 24.1 Å². The minimum absolute atomic E-state index is 0.0327. The molecule has 5 aliphatic rings. The number of amides is 3. The van der Waals surface area contributed by atoms with E-state index >= 15 is 0 Å². The molecular weight excluding hydrogens is 404 g/mol. The number of imide groups is 1. The van der Waals surface area contributed by atoms with Gasteiger partial charge in [0, 0.05) is 29.8 Å². The van der Waals surface area contributed by atoms with Crippen molar-refractivity contribution in [3.8, 4) is 11.1 Å². The van der Waals surface area contributed by atoms with Crippen LogP contribution in [0.3, 0.4) is 0 Å². The molecule has 4 aliphatic carbocycles. The molecule has 0 unspecified atom stereocenters. The Morgan fingerprint density at radius 2 is 1.47 bits per heavy atom. The molecule has 7 rings (SSSR count). The predicted molar refractivity (Wildman–Crippen MR) is 118 cm³/mol. The van der Waals surface area contributed by atoms with Gasteiger partial charge >= 0.3 is 0 Å². The summed E-state index contributed by atoms with van der Waals surface area (Å²) < 4.78 is 0. The van der Waals surface area contributed by atoms with E-state index < -0.39 is 0 Å². The normalized spacial score (nSPS) is 26.9. The number of fused-ring (bicyclic) bond motifs is 4. The van der Waals surface area contributed by atoms with Crippen LogP contribution in [-0.4, -0.2) is 34.9 Å². The number of nitrogens with one attached hydrogen (secondary N) is 1. The first-order valence-corrected chi connectivity index (χ1v) is 11.1. The second-order valence-electron chi connectivity index (χ2n) is 9.10. The number of benzene rings is 2. The van der Waals surface area contributed by atoms with Crippen LogP contribution in [0, 0.1) is 23.7 Å². The second kappa shape index (κ2) is 6.99. The highest BCUT2D eigenvalue weighted by Crippen LogP contribution is 2.49. The van der Waals surface area contributed by atoms with Crippen LogP contribution >= 0.6 is 0 Å². The maximum absolute atomic E-state index is 12.9. The molecule has 1 aliphatic heterocycles. The first-order chi connectivity index (χ1) is 15.5. The molecule has 1 saturated heterocycles. The fourth-order valence-corrected chi connectivity index (χ4v) is 5.90. The van der Waals surface area contributed by atoms with Gasteiger partial charge < -0.3 is 5.32 Å². The Kier molecular flexibility index (Phi) is 4.18. The molecule has 2 fully saturated rings. The number of likely N-dealkylation sites (tertiary alicyclic amines) is 1. The lowest BCUT2D eigenvalue weighted by molar-refractivity contribution is -0.140. The summed E-state index contributed by atoms with van der Waals surface area (Å²) >= 11 is 0. The zero-order valence-electron chi connectivity index (χ0n) is 17.4. The summed E-state index contributed by atoms with van der Waals surface area (Å²) in [7, 11) is 0. The highest BCUT2D eigenvalue weighted by molar-refractivity contribution is 6.22. The van der Waals surface area contributed by atoms with E-state index in [2.05, 4.69) is 17.5 Å². The van der Waals surface area contributed by atoms with Crippen molar-refractivity contribution in [2.45, 2.75) is 19.3 Å². The Labute approximate surface area is 185 Å². The van der Waals surface area contributed by atoms with Gasteiger partial charge in [0.25, 0.3) is 0 Å². The summed E-state index contributed by atoms with van der Waals surface area (Å²) in [6, 6.07) is 12.8. The number of rotatable bonds is 4. The van der Waals surface area contributed by atoms with E-state index in [9.17, 15) is 19.2 Å². The van der Waals surface area contributed by atoms with Crippen LogP contribution in [0.15, 0.2) is 54.6 Å². The first-order valence-electron chi connectivity index (χ1n) is 11.1. The molecule has 0 radical (unpaired) electrons. The number of carbonyl (C=O) groups is 4. The molecule has 6 nitrogen and oxygen atoms in total. The maximum atomic E-state index is 12.9. The smallest absolute Gasteiger partial charge is 0.233 e. The van der Waals surface area contributed by atoms with E-state index in [4.69, 9.17) is 0 Å². The van der Waals surface area contributed by atoms with E-state index in [-0.39, 0.29) is 60.1 Å². The summed E-state index contributed by atoms with van der Waals surface area (Å²) in [4.78, 5) is 52.3. The summed E-state index contributed by atoms with van der Waals surface area (Å²) in [6.07, 6.45) is 6.12. The van der Waals surface area contributed by atoms with Gasteiger partial charge in [0.2, 0.25) is 17.7 Å². The minimum atomic E-state index is -0.288. The average Bonchev–Trinajstić information content (AvgIpc) is 3.25. The molecule has 4 atom stereocenters. The van der Waals surface area contributed by atoms with Crippen molar-refractivity contribution >= 4 is 29.2 Å². The Morgan fingerprint density at radius 1 is 0.844 bits per heavy atom.